The van der Waals surface area contributed by atoms with E-state index >= 15 is 0 Å². The molecule has 1 aromatic carbocycles. The van der Waals surface area contributed by atoms with E-state index in [-0.39, 0.29) is 5.91 Å². The van der Waals surface area contributed by atoms with Crippen LogP contribution in [0.5, 0.6) is 0 Å². The quantitative estimate of drug-likeness (QED) is 0.636. The molecule has 3 rings (SSSR count). The van der Waals surface area contributed by atoms with Crippen LogP contribution in [0.4, 0.5) is 0 Å². The van der Waals surface area contributed by atoms with Crippen LogP contribution in [0, 0.1) is 6.92 Å². The second kappa shape index (κ2) is 7.99. The Morgan fingerprint density at radius 1 is 1.36 bits per heavy atom. The molecule has 132 valence electrons. The number of nitrogens with one attached hydrogen (secondary N) is 1. The molecule has 0 spiro atoms. The number of aryl methyl sites for hydroxylation is 1. The maximum Gasteiger partial charge on any atom is 0.261 e. The van der Waals surface area contributed by atoms with Gasteiger partial charge in [0.25, 0.3) is 5.91 Å². The van der Waals surface area contributed by atoms with Gasteiger partial charge in [-0.05, 0) is 37.1 Å². The summed E-state index contributed by atoms with van der Waals surface area (Å²) in [5.74, 6) is -0.0465. The number of ether oxygens (including phenoxy) is 1. The first-order valence-electron chi connectivity index (χ1n) is 8.07. The van der Waals surface area contributed by atoms with E-state index in [2.05, 4.69) is 10.4 Å². The summed E-state index contributed by atoms with van der Waals surface area (Å²) in [6, 6.07) is 9.65. The summed E-state index contributed by atoms with van der Waals surface area (Å²) in [5, 5.41) is 9.27. The Bertz CT molecular complexity index is 870. The third-order valence-corrected chi connectivity index (χ3v) is 5.29. The van der Waals surface area contributed by atoms with Crippen LogP contribution in [-0.2, 0) is 11.3 Å². The molecule has 0 bridgehead atoms. The summed E-state index contributed by atoms with van der Waals surface area (Å²) < 4.78 is 6.94. The normalized spacial score (nSPS) is 11.2. The second-order valence-corrected chi connectivity index (χ2v) is 7.27. The van der Waals surface area contributed by atoms with Gasteiger partial charge in [-0.25, -0.2) is 0 Å². The molecule has 0 aliphatic rings. The molecule has 3 aromatic rings. The number of aromatic nitrogens is 2. The van der Waals surface area contributed by atoms with Crippen molar-refractivity contribution in [2.45, 2.75) is 19.9 Å². The first-order chi connectivity index (χ1) is 12.1. The molecule has 0 aliphatic heterocycles. The number of carbonyl (C=O) groups is 1. The van der Waals surface area contributed by atoms with Crippen molar-refractivity contribution in [1.82, 2.24) is 15.1 Å². The minimum absolute atomic E-state index is 0.0465. The molecular formula is C18H20ClN3O2S. The van der Waals surface area contributed by atoms with Crippen molar-refractivity contribution in [2.24, 2.45) is 0 Å². The molecule has 0 unspecified atom stereocenters. The fourth-order valence-corrected chi connectivity index (χ4v) is 3.80. The zero-order valence-electron chi connectivity index (χ0n) is 14.2. The first kappa shape index (κ1) is 17.9. The number of fused-ring (bicyclic) bond motifs is 1. The van der Waals surface area contributed by atoms with Crippen molar-refractivity contribution >= 4 is 39.1 Å². The summed E-state index contributed by atoms with van der Waals surface area (Å²) in [6.45, 7) is 3.86. The number of methoxy groups -OCH3 is 1. The third-order valence-electron chi connectivity index (χ3n) is 3.89. The smallest absolute Gasteiger partial charge is 0.261 e. The van der Waals surface area contributed by atoms with E-state index in [4.69, 9.17) is 16.3 Å². The van der Waals surface area contributed by atoms with Crippen LogP contribution in [0.3, 0.4) is 0 Å². The maximum absolute atomic E-state index is 12.3. The van der Waals surface area contributed by atoms with Gasteiger partial charge >= 0.3 is 0 Å². The van der Waals surface area contributed by atoms with Gasteiger partial charge in [-0.3, -0.25) is 9.48 Å². The van der Waals surface area contributed by atoms with Gasteiger partial charge in [-0.15, -0.1) is 11.3 Å². The highest BCUT2D eigenvalue weighted by molar-refractivity contribution is 7.20. The molecule has 0 aliphatic carbocycles. The number of amides is 1. The summed E-state index contributed by atoms with van der Waals surface area (Å²) in [6.07, 6.45) is 0.802. The fraction of sp³-hybridized carbons (Fsp3) is 0.333. The van der Waals surface area contributed by atoms with Gasteiger partial charge in [0.15, 0.2) is 0 Å². The van der Waals surface area contributed by atoms with E-state index in [9.17, 15) is 4.79 Å². The molecule has 2 heterocycles. The molecule has 5 nitrogen and oxygen atoms in total. The highest BCUT2D eigenvalue weighted by atomic mass is 35.5. The molecule has 25 heavy (non-hydrogen) atoms. The van der Waals surface area contributed by atoms with E-state index in [1.807, 2.05) is 41.9 Å². The predicted molar refractivity (Wildman–Crippen MR) is 102 cm³/mol. The van der Waals surface area contributed by atoms with Gasteiger partial charge in [0.2, 0.25) is 0 Å². The van der Waals surface area contributed by atoms with Crippen molar-refractivity contribution in [3.05, 3.63) is 51.5 Å². The molecular weight excluding hydrogens is 358 g/mol. The Kier molecular flexibility index (Phi) is 5.73. The minimum Gasteiger partial charge on any atom is -0.385 e. The molecule has 0 saturated carbocycles. The van der Waals surface area contributed by atoms with Gasteiger partial charge in [0.1, 0.15) is 4.83 Å². The molecule has 1 amide bonds. The average Bonchev–Trinajstić information content (AvgIpc) is 3.15. The van der Waals surface area contributed by atoms with Gasteiger partial charge in [-0.1, -0.05) is 23.7 Å². The van der Waals surface area contributed by atoms with Crippen molar-refractivity contribution in [2.75, 3.05) is 20.3 Å². The SMILES string of the molecule is COCCCNC(=O)c1cc2c(C)nn(Cc3ccc(Cl)cc3)c2s1. The molecule has 0 saturated heterocycles. The Hall–Kier alpha value is -1.89. The van der Waals surface area contributed by atoms with Crippen molar-refractivity contribution in [3.63, 3.8) is 0 Å². The second-order valence-electron chi connectivity index (χ2n) is 5.80. The lowest BCUT2D eigenvalue weighted by atomic mass is 10.2. The van der Waals surface area contributed by atoms with E-state index in [0.717, 1.165) is 27.9 Å². The lowest BCUT2D eigenvalue weighted by molar-refractivity contribution is 0.0952. The number of benzene rings is 1. The summed E-state index contributed by atoms with van der Waals surface area (Å²) in [4.78, 5) is 14.0. The topological polar surface area (TPSA) is 56.1 Å². The van der Waals surface area contributed by atoms with Crippen LogP contribution in [0.15, 0.2) is 30.3 Å². The summed E-state index contributed by atoms with van der Waals surface area (Å²) in [7, 11) is 1.66. The Balaban J connectivity index is 1.78. The molecule has 0 atom stereocenters. The largest absolute Gasteiger partial charge is 0.385 e. The fourth-order valence-electron chi connectivity index (χ4n) is 2.60. The van der Waals surface area contributed by atoms with Crippen molar-refractivity contribution in [1.29, 1.82) is 0 Å². The van der Waals surface area contributed by atoms with Crippen LogP contribution in [0.1, 0.15) is 27.3 Å². The predicted octanol–water partition coefficient (Wildman–Crippen LogP) is 3.87. The highest BCUT2D eigenvalue weighted by Gasteiger charge is 2.16. The Labute approximate surface area is 155 Å². The average molecular weight is 378 g/mol. The third kappa shape index (κ3) is 4.21. The van der Waals surface area contributed by atoms with E-state index in [1.54, 1.807) is 7.11 Å². The van der Waals surface area contributed by atoms with Crippen molar-refractivity contribution < 1.29 is 9.53 Å². The van der Waals surface area contributed by atoms with Crippen LogP contribution in [0.25, 0.3) is 10.2 Å². The minimum atomic E-state index is -0.0465. The van der Waals surface area contributed by atoms with Gasteiger partial charge in [-0.2, -0.15) is 5.10 Å². The number of hydrogen-bond donors (Lipinski definition) is 1. The number of nitrogens with zero attached hydrogens (tertiary/aromatic N) is 2. The standard InChI is InChI=1S/C18H20ClN3O2S/c1-12-15-10-16(17(23)20-8-3-9-24-2)25-18(15)22(21-12)11-13-4-6-14(19)7-5-13/h4-7,10H,3,8-9,11H2,1-2H3,(H,20,23). The maximum atomic E-state index is 12.3. The molecule has 2 aromatic heterocycles. The summed E-state index contributed by atoms with van der Waals surface area (Å²) >= 11 is 7.41. The number of carbonyl (C=O) groups excluding carboxylic acids is 1. The lowest BCUT2D eigenvalue weighted by Crippen LogP contribution is -2.24. The Morgan fingerprint density at radius 3 is 2.84 bits per heavy atom. The van der Waals surface area contributed by atoms with Crippen LogP contribution >= 0.6 is 22.9 Å². The van der Waals surface area contributed by atoms with Gasteiger partial charge in [0, 0.05) is 30.7 Å². The Morgan fingerprint density at radius 2 is 2.12 bits per heavy atom. The molecule has 0 fully saturated rings. The van der Waals surface area contributed by atoms with E-state index < -0.39 is 0 Å². The molecule has 1 N–H and O–H groups in total. The number of thiophene rings is 1. The van der Waals surface area contributed by atoms with E-state index in [1.165, 1.54) is 11.3 Å². The van der Waals surface area contributed by atoms with Gasteiger partial charge < -0.3 is 10.1 Å². The highest BCUT2D eigenvalue weighted by Crippen LogP contribution is 2.29. The van der Waals surface area contributed by atoms with Crippen LogP contribution < -0.4 is 5.32 Å². The van der Waals surface area contributed by atoms with Crippen LogP contribution in [0.2, 0.25) is 5.02 Å². The monoisotopic (exact) mass is 377 g/mol. The zero-order chi connectivity index (χ0) is 17.8. The van der Waals surface area contributed by atoms with Gasteiger partial charge in [0.05, 0.1) is 17.1 Å². The van der Waals surface area contributed by atoms with E-state index in [0.29, 0.717) is 29.6 Å². The lowest BCUT2D eigenvalue weighted by Gasteiger charge is -2.04. The number of hydrogen-bond acceptors (Lipinski definition) is 4. The number of halogens is 1. The number of rotatable bonds is 7. The molecule has 0 radical (unpaired) electrons. The van der Waals surface area contributed by atoms with Crippen molar-refractivity contribution in [3.8, 4) is 0 Å². The van der Waals surface area contributed by atoms with Crippen LogP contribution in [-0.4, -0.2) is 35.9 Å². The zero-order valence-corrected chi connectivity index (χ0v) is 15.8. The summed E-state index contributed by atoms with van der Waals surface area (Å²) in [5.41, 5.74) is 2.05. The first-order valence-corrected chi connectivity index (χ1v) is 9.26. The molecule has 7 heteroatoms.